The number of guanidine groups is 1. The number of nitrogens with one attached hydrogen (secondary N) is 2. The average molecular weight is 282 g/mol. The Balaban J connectivity index is 1.69. The predicted octanol–water partition coefficient (Wildman–Crippen LogP) is 0.917. The molecule has 0 bridgehead atoms. The van der Waals surface area contributed by atoms with E-state index in [1.54, 1.807) is 0 Å². The van der Waals surface area contributed by atoms with Crippen molar-refractivity contribution in [3.63, 3.8) is 0 Å². The summed E-state index contributed by atoms with van der Waals surface area (Å²) in [5.74, 6) is 2.40. The molecule has 0 amide bonds. The van der Waals surface area contributed by atoms with Gasteiger partial charge in [0, 0.05) is 39.3 Å². The minimum atomic E-state index is 0.262. The largest absolute Gasteiger partial charge is 0.374 e. The van der Waals surface area contributed by atoms with Gasteiger partial charge >= 0.3 is 0 Å². The van der Waals surface area contributed by atoms with Crippen molar-refractivity contribution in [3.05, 3.63) is 0 Å². The highest BCUT2D eigenvalue weighted by atomic mass is 16.5. The quantitative estimate of drug-likeness (QED) is 0.581. The Morgan fingerprint density at radius 2 is 2.20 bits per heavy atom. The van der Waals surface area contributed by atoms with Gasteiger partial charge in [-0.1, -0.05) is 20.8 Å². The number of hydrogen-bond donors (Lipinski definition) is 2. The Morgan fingerprint density at radius 3 is 2.80 bits per heavy atom. The minimum Gasteiger partial charge on any atom is -0.374 e. The van der Waals surface area contributed by atoms with Gasteiger partial charge in [-0.2, -0.15) is 0 Å². The first kappa shape index (κ1) is 15.6. The molecule has 5 heteroatoms. The summed E-state index contributed by atoms with van der Waals surface area (Å²) in [5.41, 5.74) is 0. The molecule has 2 N–H and O–H groups in total. The van der Waals surface area contributed by atoms with Gasteiger partial charge in [-0.3, -0.25) is 9.89 Å². The van der Waals surface area contributed by atoms with E-state index in [1.165, 1.54) is 6.42 Å². The zero-order valence-corrected chi connectivity index (χ0v) is 13.4. The Morgan fingerprint density at radius 1 is 1.45 bits per heavy atom. The van der Waals surface area contributed by atoms with E-state index < -0.39 is 0 Å². The maximum Gasteiger partial charge on any atom is 0.191 e. The molecular formula is C15H30N4O. The van der Waals surface area contributed by atoms with Crippen LogP contribution in [0.15, 0.2) is 4.99 Å². The zero-order valence-electron chi connectivity index (χ0n) is 13.4. The second-order valence-corrected chi connectivity index (χ2v) is 6.56. The maximum atomic E-state index is 5.84. The van der Waals surface area contributed by atoms with Crippen molar-refractivity contribution in [2.75, 3.05) is 39.8 Å². The summed E-state index contributed by atoms with van der Waals surface area (Å²) in [4.78, 5) is 6.78. The van der Waals surface area contributed by atoms with Gasteiger partial charge in [-0.25, -0.2) is 0 Å². The molecule has 3 atom stereocenters. The summed E-state index contributed by atoms with van der Waals surface area (Å²) < 4.78 is 5.84. The first-order valence-electron chi connectivity index (χ1n) is 7.89. The lowest BCUT2D eigenvalue weighted by atomic mass is 10.2. The summed E-state index contributed by atoms with van der Waals surface area (Å²) in [6.07, 6.45) is 1.51. The SMILES string of the molecule is CN=C(NCC1CN(CC(C)C)CCO1)NC1CC1C. The second kappa shape index (κ2) is 7.27. The molecule has 1 saturated heterocycles. The second-order valence-electron chi connectivity index (χ2n) is 6.56. The van der Waals surface area contributed by atoms with E-state index in [0.717, 1.165) is 44.7 Å². The van der Waals surface area contributed by atoms with Gasteiger partial charge in [0.1, 0.15) is 0 Å². The molecule has 1 saturated carbocycles. The highest BCUT2D eigenvalue weighted by molar-refractivity contribution is 5.80. The van der Waals surface area contributed by atoms with Crippen LogP contribution >= 0.6 is 0 Å². The molecule has 1 heterocycles. The summed E-state index contributed by atoms with van der Waals surface area (Å²) in [7, 11) is 1.83. The van der Waals surface area contributed by atoms with Gasteiger partial charge in [-0.15, -0.1) is 0 Å². The number of ether oxygens (including phenoxy) is 1. The molecule has 3 unspecified atom stereocenters. The average Bonchev–Trinajstić information content (AvgIpc) is 3.09. The lowest BCUT2D eigenvalue weighted by Gasteiger charge is -2.34. The van der Waals surface area contributed by atoms with Crippen molar-refractivity contribution in [1.82, 2.24) is 15.5 Å². The monoisotopic (exact) mass is 282 g/mol. The summed E-state index contributed by atoms with van der Waals surface area (Å²) >= 11 is 0. The fourth-order valence-electron chi connectivity index (χ4n) is 2.69. The standard InChI is InChI=1S/C15H30N4O/c1-11(2)9-19-5-6-20-13(10-19)8-17-15(16-4)18-14-7-12(14)3/h11-14H,5-10H2,1-4H3,(H2,16,17,18). The van der Waals surface area contributed by atoms with Crippen LogP contribution < -0.4 is 10.6 Å². The number of nitrogens with zero attached hydrogens (tertiary/aromatic N) is 2. The molecule has 5 nitrogen and oxygen atoms in total. The van der Waals surface area contributed by atoms with Gasteiger partial charge in [0.05, 0.1) is 12.7 Å². The Labute approximate surface area is 123 Å². The topological polar surface area (TPSA) is 48.9 Å². The van der Waals surface area contributed by atoms with Crippen molar-refractivity contribution in [2.45, 2.75) is 39.3 Å². The van der Waals surface area contributed by atoms with Crippen LogP contribution in [0.4, 0.5) is 0 Å². The van der Waals surface area contributed by atoms with Crippen molar-refractivity contribution >= 4 is 5.96 Å². The van der Waals surface area contributed by atoms with Crippen LogP contribution in [0.2, 0.25) is 0 Å². The molecule has 1 aliphatic heterocycles. The number of aliphatic imine (C=N–C) groups is 1. The van der Waals surface area contributed by atoms with Gasteiger partial charge < -0.3 is 15.4 Å². The van der Waals surface area contributed by atoms with Crippen LogP contribution in [0.5, 0.6) is 0 Å². The van der Waals surface area contributed by atoms with Gasteiger partial charge in [0.2, 0.25) is 0 Å². The summed E-state index contributed by atoms with van der Waals surface area (Å²) in [6, 6.07) is 0.603. The molecule has 2 fully saturated rings. The van der Waals surface area contributed by atoms with Crippen molar-refractivity contribution < 1.29 is 4.74 Å². The number of morpholine rings is 1. The van der Waals surface area contributed by atoms with E-state index in [2.05, 4.69) is 41.3 Å². The van der Waals surface area contributed by atoms with Crippen molar-refractivity contribution in [2.24, 2.45) is 16.8 Å². The first-order valence-corrected chi connectivity index (χ1v) is 7.89. The minimum absolute atomic E-state index is 0.262. The third-order valence-electron chi connectivity index (χ3n) is 4.00. The van der Waals surface area contributed by atoms with Crippen LogP contribution in [0.3, 0.4) is 0 Å². The highest BCUT2D eigenvalue weighted by Gasteiger charge is 2.33. The molecule has 0 radical (unpaired) electrons. The molecule has 116 valence electrons. The molecule has 2 rings (SSSR count). The summed E-state index contributed by atoms with van der Waals surface area (Å²) in [6.45, 7) is 11.7. The molecule has 0 aromatic rings. The Hall–Kier alpha value is -0.810. The molecule has 0 spiro atoms. The number of hydrogen-bond acceptors (Lipinski definition) is 3. The van der Waals surface area contributed by atoms with Gasteiger partial charge in [-0.05, 0) is 18.3 Å². The van der Waals surface area contributed by atoms with Crippen molar-refractivity contribution in [3.8, 4) is 0 Å². The maximum absolute atomic E-state index is 5.84. The normalized spacial score (nSPS) is 31.4. The molecule has 0 aromatic heterocycles. The lowest BCUT2D eigenvalue weighted by Crippen LogP contribution is -2.50. The molecule has 0 aromatic carbocycles. The van der Waals surface area contributed by atoms with E-state index >= 15 is 0 Å². The van der Waals surface area contributed by atoms with E-state index in [4.69, 9.17) is 4.74 Å². The first-order chi connectivity index (χ1) is 9.58. The smallest absolute Gasteiger partial charge is 0.191 e. The Kier molecular flexibility index (Phi) is 5.66. The fourth-order valence-corrected chi connectivity index (χ4v) is 2.69. The molecule has 2 aliphatic rings. The zero-order chi connectivity index (χ0) is 14.5. The van der Waals surface area contributed by atoms with Crippen LogP contribution in [0.1, 0.15) is 27.2 Å². The van der Waals surface area contributed by atoms with E-state index in [-0.39, 0.29) is 6.10 Å². The van der Waals surface area contributed by atoms with Crippen LogP contribution in [-0.4, -0.2) is 62.8 Å². The predicted molar refractivity (Wildman–Crippen MR) is 83.1 cm³/mol. The van der Waals surface area contributed by atoms with Crippen LogP contribution in [0, 0.1) is 11.8 Å². The summed E-state index contributed by atoms with van der Waals surface area (Å²) in [5, 5.41) is 6.84. The number of rotatable bonds is 5. The lowest BCUT2D eigenvalue weighted by molar-refractivity contribution is -0.0284. The molecular weight excluding hydrogens is 252 g/mol. The Bertz CT molecular complexity index is 332. The van der Waals surface area contributed by atoms with Crippen molar-refractivity contribution in [1.29, 1.82) is 0 Å². The van der Waals surface area contributed by atoms with E-state index in [1.807, 2.05) is 7.05 Å². The molecule has 1 aliphatic carbocycles. The highest BCUT2D eigenvalue weighted by Crippen LogP contribution is 2.28. The van der Waals surface area contributed by atoms with Gasteiger partial charge in [0.25, 0.3) is 0 Å². The molecule has 20 heavy (non-hydrogen) atoms. The van der Waals surface area contributed by atoms with Gasteiger partial charge in [0.15, 0.2) is 5.96 Å². The van der Waals surface area contributed by atoms with Crippen LogP contribution in [0.25, 0.3) is 0 Å². The third-order valence-corrected chi connectivity index (χ3v) is 4.00. The third kappa shape index (κ3) is 4.94. The fraction of sp³-hybridized carbons (Fsp3) is 0.933. The van der Waals surface area contributed by atoms with Crippen LogP contribution in [-0.2, 0) is 4.74 Å². The van der Waals surface area contributed by atoms with E-state index in [9.17, 15) is 0 Å². The van der Waals surface area contributed by atoms with E-state index in [0.29, 0.717) is 12.0 Å².